The van der Waals surface area contributed by atoms with Gasteiger partial charge in [-0.25, -0.2) is 13.1 Å². The van der Waals surface area contributed by atoms with Crippen molar-refractivity contribution in [1.29, 1.82) is 0 Å². The molecule has 5 nitrogen and oxygen atoms in total. The zero-order chi connectivity index (χ0) is 12.7. The fourth-order valence-electron chi connectivity index (χ4n) is 1.98. The van der Waals surface area contributed by atoms with Crippen molar-refractivity contribution in [3.63, 3.8) is 0 Å². The molecule has 0 aromatic heterocycles. The molecule has 6 heteroatoms. The monoisotopic (exact) mass is 264 g/mol. The van der Waals surface area contributed by atoms with Crippen LogP contribution in [0.1, 0.15) is 33.1 Å². The molecule has 0 aromatic rings. The molecule has 0 bridgehead atoms. The molecule has 1 heterocycles. The van der Waals surface area contributed by atoms with Gasteiger partial charge in [-0.15, -0.1) is 0 Å². The van der Waals surface area contributed by atoms with E-state index in [4.69, 9.17) is 4.74 Å². The van der Waals surface area contributed by atoms with E-state index in [1.54, 1.807) is 0 Å². The predicted molar refractivity (Wildman–Crippen MR) is 68.5 cm³/mol. The van der Waals surface area contributed by atoms with Crippen LogP contribution in [-0.2, 0) is 14.8 Å². The highest BCUT2D eigenvalue weighted by atomic mass is 32.2. The van der Waals surface area contributed by atoms with Gasteiger partial charge in [0, 0.05) is 12.6 Å². The van der Waals surface area contributed by atoms with Crippen LogP contribution in [0.4, 0.5) is 0 Å². The number of hydrogen-bond donors (Lipinski definition) is 2. The molecule has 2 N–H and O–H groups in total. The van der Waals surface area contributed by atoms with Crippen molar-refractivity contribution in [2.75, 3.05) is 25.4 Å². The number of sulfonamides is 1. The molecule has 102 valence electrons. The maximum atomic E-state index is 11.8. The zero-order valence-electron chi connectivity index (χ0n) is 10.7. The quantitative estimate of drug-likeness (QED) is 0.626. The number of nitrogens with one attached hydrogen (secondary N) is 2. The average Bonchev–Trinajstić information content (AvgIpc) is 2.77. The second-order valence-corrected chi connectivity index (χ2v) is 6.36. The maximum Gasteiger partial charge on any atom is 0.211 e. The molecule has 2 atom stereocenters. The molecule has 1 aliphatic rings. The van der Waals surface area contributed by atoms with Crippen LogP contribution in [0.3, 0.4) is 0 Å². The summed E-state index contributed by atoms with van der Waals surface area (Å²) in [4.78, 5) is 0. The Kier molecular flexibility index (Phi) is 6.40. The standard InChI is InChI=1S/C11H24N2O3S/c1-3-12-7-5-9-17(14,15)13-10(2)11-6-4-8-16-11/h10-13H,3-9H2,1-2H3. The van der Waals surface area contributed by atoms with Crippen molar-refractivity contribution in [2.24, 2.45) is 0 Å². The van der Waals surface area contributed by atoms with Crippen LogP contribution in [0.2, 0.25) is 0 Å². The van der Waals surface area contributed by atoms with E-state index in [0.29, 0.717) is 6.42 Å². The highest BCUT2D eigenvalue weighted by molar-refractivity contribution is 7.89. The molecule has 0 aromatic carbocycles. The summed E-state index contributed by atoms with van der Waals surface area (Å²) in [5, 5.41) is 3.11. The van der Waals surface area contributed by atoms with Crippen molar-refractivity contribution in [3.05, 3.63) is 0 Å². The van der Waals surface area contributed by atoms with Crippen molar-refractivity contribution in [3.8, 4) is 0 Å². The van der Waals surface area contributed by atoms with Gasteiger partial charge >= 0.3 is 0 Å². The fourth-order valence-corrected chi connectivity index (χ4v) is 3.34. The van der Waals surface area contributed by atoms with E-state index in [2.05, 4.69) is 10.0 Å². The van der Waals surface area contributed by atoms with Crippen LogP contribution in [0.25, 0.3) is 0 Å². The van der Waals surface area contributed by atoms with E-state index in [9.17, 15) is 8.42 Å². The molecule has 0 amide bonds. The summed E-state index contributed by atoms with van der Waals surface area (Å²) >= 11 is 0. The first-order valence-corrected chi connectivity index (χ1v) is 8.02. The van der Waals surface area contributed by atoms with E-state index < -0.39 is 10.0 Å². The van der Waals surface area contributed by atoms with Gasteiger partial charge in [0.1, 0.15) is 0 Å². The van der Waals surface area contributed by atoms with Crippen LogP contribution in [0.15, 0.2) is 0 Å². The molecule has 1 rings (SSSR count). The summed E-state index contributed by atoms with van der Waals surface area (Å²) in [6.07, 6.45) is 2.65. The van der Waals surface area contributed by atoms with Gasteiger partial charge in [0.25, 0.3) is 0 Å². The first kappa shape index (κ1) is 14.9. The zero-order valence-corrected chi connectivity index (χ0v) is 11.6. The van der Waals surface area contributed by atoms with Crippen LogP contribution >= 0.6 is 0 Å². The predicted octanol–water partition coefficient (Wildman–Crippen LogP) is 0.473. The minimum Gasteiger partial charge on any atom is -0.377 e. The van der Waals surface area contributed by atoms with E-state index in [0.717, 1.165) is 32.5 Å². The third kappa shape index (κ3) is 5.81. The van der Waals surface area contributed by atoms with Crippen LogP contribution in [0.5, 0.6) is 0 Å². The lowest BCUT2D eigenvalue weighted by Crippen LogP contribution is -2.42. The van der Waals surface area contributed by atoms with E-state index >= 15 is 0 Å². The van der Waals surface area contributed by atoms with E-state index in [-0.39, 0.29) is 17.9 Å². The van der Waals surface area contributed by atoms with Gasteiger partial charge in [-0.05, 0) is 39.3 Å². The lowest BCUT2D eigenvalue weighted by Gasteiger charge is -2.19. The summed E-state index contributed by atoms with van der Waals surface area (Å²) in [5.74, 6) is 0.178. The molecule has 0 radical (unpaired) electrons. The maximum absolute atomic E-state index is 11.8. The second-order valence-electron chi connectivity index (χ2n) is 4.48. The van der Waals surface area contributed by atoms with Gasteiger partial charge in [-0.2, -0.15) is 0 Å². The minimum atomic E-state index is -3.17. The van der Waals surface area contributed by atoms with Crippen molar-refractivity contribution in [1.82, 2.24) is 10.0 Å². The molecule has 0 saturated carbocycles. The Balaban J connectivity index is 2.27. The smallest absolute Gasteiger partial charge is 0.211 e. The van der Waals surface area contributed by atoms with Crippen molar-refractivity contribution < 1.29 is 13.2 Å². The lowest BCUT2D eigenvalue weighted by atomic mass is 10.1. The molecule has 1 aliphatic heterocycles. The van der Waals surface area contributed by atoms with Crippen molar-refractivity contribution in [2.45, 2.75) is 45.3 Å². The first-order chi connectivity index (χ1) is 8.05. The fraction of sp³-hybridized carbons (Fsp3) is 1.00. The van der Waals surface area contributed by atoms with Crippen LogP contribution in [0, 0.1) is 0 Å². The Hall–Kier alpha value is -0.170. The summed E-state index contributed by atoms with van der Waals surface area (Å²) in [7, 11) is -3.17. The largest absolute Gasteiger partial charge is 0.377 e. The number of rotatable bonds is 8. The van der Waals surface area contributed by atoms with Gasteiger partial charge < -0.3 is 10.1 Å². The van der Waals surface area contributed by atoms with Crippen LogP contribution in [-0.4, -0.2) is 46.0 Å². The van der Waals surface area contributed by atoms with Crippen LogP contribution < -0.4 is 10.0 Å². The molecular weight excluding hydrogens is 240 g/mol. The van der Waals surface area contributed by atoms with Gasteiger partial charge in [0.2, 0.25) is 10.0 Å². The summed E-state index contributed by atoms with van der Waals surface area (Å²) in [6, 6.07) is -0.123. The normalized spacial score (nSPS) is 22.8. The molecular formula is C11H24N2O3S. The summed E-state index contributed by atoms with van der Waals surface area (Å²) in [6.45, 7) is 6.24. The third-order valence-electron chi connectivity index (χ3n) is 2.90. The van der Waals surface area contributed by atoms with Crippen molar-refractivity contribution >= 4 is 10.0 Å². The SMILES string of the molecule is CCNCCCS(=O)(=O)NC(C)C1CCCO1. The van der Waals surface area contributed by atoms with Gasteiger partial charge in [0.15, 0.2) is 0 Å². The lowest BCUT2D eigenvalue weighted by molar-refractivity contribution is 0.0902. The number of ether oxygens (including phenoxy) is 1. The highest BCUT2D eigenvalue weighted by Gasteiger charge is 2.25. The number of hydrogen-bond acceptors (Lipinski definition) is 4. The Morgan fingerprint density at radius 3 is 2.82 bits per heavy atom. The molecule has 1 fully saturated rings. The molecule has 17 heavy (non-hydrogen) atoms. The minimum absolute atomic E-state index is 0.0403. The summed E-state index contributed by atoms with van der Waals surface area (Å²) in [5.41, 5.74) is 0. The Bertz CT molecular complexity index is 300. The Labute approximate surface area is 104 Å². The first-order valence-electron chi connectivity index (χ1n) is 6.37. The Morgan fingerprint density at radius 1 is 1.47 bits per heavy atom. The highest BCUT2D eigenvalue weighted by Crippen LogP contribution is 2.15. The van der Waals surface area contributed by atoms with Gasteiger partial charge in [0.05, 0.1) is 11.9 Å². The van der Waals surface area contributed by atoms with Gasteiger partial charge in [-0.3, -0.25) is 0 Å². The molecule has 2 unspecified atom stereocenters. The molecule has 0 spiro atoms. The van der Waals surface area contributed by atoms with E-state index in [1.807, 2.05) is 13.8 Å². The third-order valence-corrected chi connectivity index (χ3v) is 4.46. The van der Waals surface area contributed by atoms with Gasteiger partial charge in [-0.1, -0.05) is 6.92 Å². The summed E-state index contributed by atoms with van der Waals surface area (Å²) < 4.78 is 31.7. The topological polar surface area (TPSA) is 67.4 Å². The molecule has 1 saturated heterocycles. The molecule has 0 aliphatic carbocycles. The second kappa shape index (κ2) is 7.31. The Morgan fingerprint density at radius 2 is 2.24 bits per heavy atom. The van der Waals surface area contributed by atoms with E-state index in [1.165, 1.54) is 0 Å². The average molecular weight is 264 g/mol.